The van der Waals surface area contributed by atoms with Crippen molar-refractivity contribution in [3.63, 3.8) is 0 Å². The second kappa shape index (κ2) is 5.86. The third-order valence-electron chi connectivity index (χ3n) is 5.54. The predicted octanol–water partition coefficient (Wildman–Crippen LogP) is 1.49. The molecule has 0 bridgehead atoms. The number of nitrogens with zero attached hydrogens (tertiary/aromatic N) is 3. The lowest BCUT2D eigenvalue weighted by Gasteiger charge is -2.36. The third kappa shape index (κ3) is 2.38. The topological polar surface area (TPSA) is 82.8 Å². The smallest absolute Gasteiger partial charge is 0.341 e. The first-order valence-electron chi connectivity index (χ1n) is 8.83. The van der Waals surface area contributed by atoms with Crippen LogP contribution >= 0.6 is 0 Å². The first-order valence-corrected chi connectivity index (χ1v) is 8.83. The molecule has 3 heterocycles. The molecule has 0 spiro atoms. The van der Waals surface area contributed by atoms with Crippen LogP contribution in [0.25, 0.3) is 10.9 Å². The monoisotopic (exact) mass is 355 g/mol. The zero-order chi connectivity index (χ0) is 18.6. The van der Waals surface area contributed by atoms with Crippen molar-refractivity contribution in [3.8, 4) is 0 Å². The van der Waals surface area contributed by atoms with E-state index >= 15 is 0 Å². The number of hydrogen-bond acceptors (Lipinski definition) is 4. The van der Waals surface area contributed by atoms with Gasteiger partial charge in [0.25, 0.3) is 0 Å². The molecule has 1 atom stereocenters. The molecule has 1 fully saturated rings. The fraction of sp³-hybridized carbons (Fsp3) is 0.421. The van der Waals surface area contributed by atoms with E-state index in [-0.39, 0.29) is 17.5 Å². The van der Waals surface area contributed by atoms with Gasteiger partial charge < -0.3 is 19.5 Å². The lowest BCUT2D eigenvalue weighted by Crippen LogP contribution is -2.48. The van der Waals surface area contributed by atoms with Crippen molar-refractivity contribution in [1.82, 2.24) is 9.47 Å². The standard InChI is InChI=1S/C19H21N3O4/c1-11-9-14-16(21-7-5-20(6-8-21)12(2)23)4-3-13-17(14)22(11)10-15(18(13)24)19(25)26/h3-4,10-11H,5-9H2,1-2H3,(H,25,26). The quantitative estimate of drug-likeness (QED) is 0.882. The number of benzene rings is 1. The first kappa shape index (κ1) is 16.6. The number of amides is 1. The van der Waals surface area contributed by atoms with Gasteiger partial charge in [-0.05, 0) is 25.5 Å². The lowest BCUT2D eigenvalue weighted by atomic mass is 10.0. The maximum Gasteiger partial charge on any atom is 0.341 e. The molecule has 1 N–H and O–H groups in total. The number of hydrogen-bond donors (Lipinski definition) is 1. The van der Waals surface area contributed by atoms with E-state index in [0.717, 1.165) is 36.3 Å². The summed E-state index contributed by atoms with van der Waals surface area (Å²) in [7, 11) is 0. The summed E-state index contributed by atoms with van der Waals surface area (Å²) in [6, 6.07) is 3.77. The van der Waals surface area contributed by atoms with Gasteiger partial charge in [0.2, 0.25) is 11.3 Å². The molecule has 1 aromatic carbocycles. The molecule has 1 aromatic heterocycles. The Kier molecular flexibility index (Phi) is 3.75. The van der Waals surface area contributed by atoms with Crippen LogP contribution < -0.4 is 10.3 Å². The van der Waals surface area contributed by atoms with E-state index in [0.29, 0.717) is 18.5 Å². The lowest BCUT2D eigenvalue weighted by molar-refractivity contribution is -0.129. The van der Waals surface area contributed by atoms with Crippen LogP contribution in [0.3, 0.4) is 0 Å². The van der Waals surface area contributed by atoms with Crippen molar-refractivity contribution < 1.29 is 14.7 Å². The van der Waals surface area contributed by atoms with Gasteiger partial charge in [-0.25, -0.2) is 4.79 Å². The molecular weight excluding hydrogens is 334 g/mol. The Morgan fingerprint density at radius 3 is 2.46 bits per heavy atom. The van der Waals surface area contributed by atoms with E-state index in [1.54, 1.807) is 13.0 Å². The number of pyridine rings is 1. The number of piperazine rings is 1. The van der Waals surface area contributed by atoms with E-state index in [1.165, 1.54) is 6.20 Å². The van der Waals surface area contributed by atoms with E-state index in [1.807, 2.05) is 22.5 Å². The fourth-order valence-electron chi connectivity index (χ4n) is 4.16. The Hall–Kier alpha value is -2.83. The summed E-state index contributed by atoms with van der Waals surface area (Å²) >= 11 is 0. The highest BCUT2D eigenvalue weighted by Gasteiger charge is 2.29. The maximum absolute atomic E-state index is 12.6. The Morgan fingerprint density at radius 2 is 1.85 bits per heavy atom. The molecule has 2 aliphatic rings. The van der Waals surface area contributed by atoms with Crippen LogP contribution in [0.5, 0.6) is 0 Å². The Morgan fingerprint density at radius 1 is 1.15 bits per heavy atom. The Bertz CT molecular complexity index is 986. The van der Waals surface area contributed by atoms with Crippen LogP contribution in [0.2, 0.25) is 0 Å². The minimum absolute atomic E-state index is 0.0939. The summed E-state index contributed by atoms with van der Waals surface area (Å²) in [6.45, 7) is 6.51. The summed E-state index contributed by atoms with van der Waals surface area (Å²) < 4.78 is 1.92. The van der Waals surface area contributed by atoms with E-state index < -0.39 is 11.4 Å². The molecule has 136 valence electrons. The highest BCUT2D eigenvalue weighted by Crippen LogP contribution is 2.37. The number of aromatic nitrogens is 1. The number of carbonyl (C=O) groups excluding carboxylic acids is 1. The largest absolute Gasteiger partial charge is 0.477 e. The maximum atomic E-state index is 12.6. The Balaban J connectivity index is 1.81. The van der Waals surface area contributed by atoms with Gasteiger partial charge in [0.05, 0.1) is 5.52 Å². The normalized spacial score (nSPS) is 19.2. The zero-order valence-corrected chi connectivity index (χ0v) is 14.9. The second-order valence-electron chi connectivity index (χ2n) is 7.09. The molecule has 7 nitrogen and oxygen atoms in total. The number of aromatic carboxylic acids is 1. The van der Waals surface area contributed by atoms with Crippen molar-refractivity contribution in [1.29, 1.82) is 0 Å². The summed E-state index contributed by atoms with van der Waals surface area (Å²) in [4.78, 5) is 39.6. The van der Waals surface area contributed by atoms with Crippen LogP contribution in [-0.4, -0.2) is 52.6 Å². The average molecular weight is 355 g/mol. The molecule has 1 amide bonds. The number of rotatable bonds is 2. The highest BCUT2D eigenvalue weighted by atomic mass is 16.4. The van der Waals surface area contributed by atoms with Crippen molar-refractivity contribution >= 4 is 28.5 Å². The van der Waals surface area contributed by atoms with Crippen LogP contribution in [0.15, 0.2) is 23.1 Å². The van der Waals surface area contributed by atoms with Crippen LogP contribution in [0, 0.1) is 0 Å². The number of anilines is 1. The van der Waals surface area contributed by atoms with Crippen LogP contribution in [-0.2, 0) is 11.2 Å². The summed E-state index contributed by atoms with van der Waals surface area (Å²) in [5, 5.41) is 9.79. The van der Waals surface area contributed by atoms with Crippen LogP contribution in [0.1, 0.15) is 35.8 Å². The van der Waals surface area contributed by atoms with E-state index in [2.05, 4.69) is 4.90 Å². The molecule has 7 heteroatoms. The summed E-state index contributed by atoms with van der Waals surface area (Å²) in [6.07, 6.45) is 2.24. The van der Waals surface area contributed by atoms with Crippen molar-refractivity contribution in [2.24, 2.45) is 0 Å². The molecule has 1 unspecified atom stereocenters. The van der Waals surface area contributed by atoms with Crippen molar-refractivity contribution in [3.05, 3.63) is 39.7 Å². The predicted molar refractivity (Wildman–Crippen MR) is 98.0 cm³/mol. The molecule has 0 radical (unpaired) electrons. The van der Waals surface area contributed by atoms with Gasteiger partial charge in [-0.15, -0.1) is 0 Å². The number of carboxylic acid groups (broad SMARTS) is 1. The van der Waals surface area contributed by atoms with Gasteiger partial charge in [-0.3, -0.25) is 9.59 Å². The van der Waals surface area contributed by atoms with Gasteiger partial charge >= 0.3 is 5.97 Å². The molecule has 0 aliphatic carbocycles. The molecule has 2 aliphatic heterocycles. The molecule has 1 saturated heterocycles. The summed E-state index contributed by atoms with van der Waals surface area (Å²) in [5.74, 6) is -1.10. The SMILES string of the molecule is CC(=O)N1CCN(c2ccc3c(=O)c(C(=O)O)cn4c3c2CC4C)CC1. The zero-order valence-electron chi connectivity index (χ0n) is 14.9. The minimum Gasteiger partial charge on any atom is -0.477 e. The van der Waals surface area contributed by atoms with Gasteiger partial charge in [0.15, 0.2) is 0 Å². The van der Waals surface area contributed by atoms with Gasteiger partial charge in [-0.1, -0.05) is 0 Å². The number of carbonyl (C=O) groups is 2. The molecular formula is C19H21N3O4. The summed E-state index contributed by atoms with van der Waals surface area (Å²) in [5.41, 5.74) is 2.42. The van der Waals surface area contributed by atoms with Gasteiger partial charge in [0, 0.05) is 62.0 Å². The molecule has 2 aromatic rings. The number of carboxylic acids is 1. The molecule has 26 heavy (non-hydrogen) atoms. The first-order chi connectivity index (χ1) is 12.4. The molecule has 0 saturated carbocycles. The second-order valence-corrected chi connectivity index (χ2v) is 7.09. The third-order valence-corrected chi connectivity index (χ3v) is 5.54. The van der Waals surface area contributed by atoms with Crippen LogP contribution in [0.4, 0.5) is 5.69 Å². The van der Waals surface area contributed by atoms with E-state index in [9.17, 15) is 19.5 Å². The van der Waals surface area contributed by atoms with Crippen molar-refractivity contribution in [2.75, 3.05) is 31.1 Å². The minimum atomic E-state index is -1.19. The molecule has 4 rings (SSSR count). The fourth-order valence-corrected chi connectivity index (χ4v) is 4.16. The van der Waals surface area contributed by atoms with Gasteiger partial charge in [-0.2, -0.15) is 0 Å². The highest BCUT2D eigenvalue weighted by molar-refractivity contribution is 5.96. The van der Waals surface area contributed by atoms with Gasteiger partial charge in [0.1, 0.15) is 5.56 Å². The Labute approximate surface area is 150 Å². The average Bonchev–Trinajstić information content (AvgIpc) is 2.94. The van der Waals surface area contributed by atoms with E-state index in [4.69, 9.17) is 0 Å². The van der Waals surface area contributed by atoms with Crippen molar-refractivity contribution in [2.45, 2.75) is 26.3 Å².